The monoisotopic (exact) mass is 467 g/mol. The average molecular weight is 468 g/mol. The van der Waals surface area contributed by atoms with Gasteiger partial charge in [-0.25, -0.2) is 13.2 Å². The summed E-state index contributed by atoms with van der Waals surface area (Å²) in [6.45, 7) is 8.39. The number of hydrogen-bond donors (Lipinski definition) is 0. The Hall–Kier alpha value is -2.30. The first kappa shape index (κ1) is 25.0. The third-order valence-corrected chi connectivity index (χ3v) is 8.03. The van der Waals surface area contributed by atoms with Crippen molar-refractivity contribution in [2.45, 2.75) is 45.4 Å². The van der Waals surface area contributed by atoms with Crippen LogP contribution in [0.5, 0.6) is 0 Å². The molecule has 0 aliphatic carbocycles. The molecule has 2 rings (SSSR count). The lowest BCUT2D eigenvalue weighted by Gasteiger charge is -2.20. The molecule has 170 valence electrons. The number of carbonyl (C=O) groups excluding carboxylic acids is 2. The summed E-state index contributed by atoms with van der Waals surface area (Å²) in [6.07, 6.45) is 1.69. The SMILES string of the molecule is CCCCN(CC)S(=O)(=O)c1ccc(C(=O)N=c2sc(C(=O)OCC)c(C)n2C)cc1. The number of nitrogens with zero attached hydrogens (tertiary/aromatic N) is 3. The Kier molecular flexibility index (Phi) is 8.72. The van der Waals surface area contributed by atoms with Crippen LogP contribution in [0, 0.1) is 6.92 Å². The zero-order valence-corrected chi connectivity index (χ0v) is 20.2. The minimum absolute atomic E-state index is 0.143. The second-order valence-electron chi connectivity index (χ2n) is 6.87. The Bertz CT molecular complexity index is 1100. The molecular weight excluding hydrogens is 438 g/mol. The first-order valence-electron chi connectivity index (χ1n) is 10.2. The molecule has 0 unspecified atom stereocenters. The molecule has 0 spiro atoms. The van der Waals surface area contributed by atoms with Crippen LogP contribution >= 0.6 is 11.3 Å². The predicted molar refractivity (Wildman–Crippen MR) is 120 cm³/mol. The second kappa shape index (κ2) is 10.8. The van der Waals surface area contributed by atoms with Crippen LogP contribution in [0.1, 0.15) is 59.3 Å². The number of carbonyl (C=O) groups is 2. The van der Waals surface area contributed by atoms with Crippen molar-refractivity contribution in [3.63, 3.8) is 0 Å². The van der Waals surface area contributed by atoms with Crippen molar-refractivity contribution in [2.24, 2.45) is 12.0 Å². The van der Waals surface area contributed by atoms with Crippen molar-refractivity contribution in [1.29, 1.82) is 0 Å². The van der Waals surface area contributed by atoms with Crippen molar-refractivity contribution in [2.75, 3.05) is 19.7 Å². The maximum Gasteiger partial charge on any atom is 0.350 e. The fourth-order valence-corrected chi connectivity index (χ4v) is 5.37. The summed E-state index contributed by atoms with van der Waals surface area (Å²) in [5.74, 6) is -0.970. The smallest absolute Gasteiger partial charge is 0.350 e. The van der Waals surface area contributed by atoms with Gasteiger partial charge in [-0.3, -0.25) is 4.79 Å². The number of unbranched alkanes of at least 4 members (excludes halogenated alkanes) is 1. The topological polar surface area (TPSA) is 98.0 Å². The Morgan fingerprint density at radius 3 is 2.35 bits per heavy atom. The van der Waals surface area contributed by atoms with Gasteiger partial charge < -0.3 is 9.30 Å². The van der Waals surface area contributed by atoms with E-state index >= 15 is 0 Å². The summed E-state index contributed by atoms with van der Waals surface area (Å²) in [7, 11) is -1.90. The highest BCUT2D eigenvalue weighted by Crippen LogP contribution is 2.18. The zero-order chi connectivity index (χ0) is 23.2. The van der Waals surface area contributed by atoms with Gasteiger partial charge in [0.05, 0.1) is 11.5 Å². The summed E-state index contributed by atoms with van der Waals surface area (Å²) in [4.78, 5) is 29.7. The molecule has 0 radical (unpaired) electrons. The van der Waals surface area contributed by atoms with Gasteiger partial charge in [-0.15, -0.1) is 0 Å². The van der Waals surface area contributed by atoms with Gasteiger partial charge in [-0.2, -0.15) is 9.30 Å². The van der Waals surface area contributed by atoms with E-state index in [2.05, 4.69) is 4.99 Å². The Morgan fingerprint density at radius 2 is 1.81 bits per heavy atom. The van der Waals surface area contributed by atoms with Gasteiger partial charge in [0, 0.05) is 31.4 Å². The van der Waals surface area contributed by atoms with E-state index in [1.54, 1.807) is 32.4 Å². The summed E-state index contributed by atoms with van der Waals surface area (Å²) >= 11 is 1.08. The fourth-order valence-electron chi connectivity index (χ4n) is 2.87. The van der Waals surface area contributed by atoms with Crippen LogP contribution in [-0.2, 0) is 21.8 Å². The third-order valence-electron chi connectivity index (χ3n) is 4.82. The number of aromatic nitrogens is 1. The van der Waals surface area contributed by atoms with Crippen LogP contribution in [0.2, 0.25) is 0 Å². The van der Waals surface area contributed by atoms with E-state index in [1.807, 2.05) is 6.92 Å². The number of benzene rings is 1. The van der Waals surface area contributed by atoms with E-state index in [0.717, 1.165) is 24.2 Å². The molecule has 0 bridgehead atoms. The molecule has 0 N–H and O–H groups in total. The van der Waals surface area contributed by atoms with E-state index in [-0.39, 0.29) is 17.1 Å². The average Bonchev–Trinajstić information content (AvgIpc) is 3.03. The van der Waals surface area contributed by atoms with E-state index in [0.29, 0.717) is 28.5 Å². The second-order valence-corrected chi connectivity index (χ2v) is 9.79. The Morgan fingerprint density at radius 1 is 1.16 bits per heavy atom. The summed E-state index contributed by atoms with van der Waals surface area (Å²) in [5.41, 5.74) is 0.919. The number of ether oxygens (including phenoxy) is 1. The van der Waals surface area contributed by atoms with Crippen LogP contribution in [0.4, 0.5) is 0 Å². The molecule has 8 nitrogen and oxygen atoms in total. The summed E-state index contributed by atoms with van der Waals surface area (Å²) in [5, 5.41) is 0. The molecule has 0 aliphatic heterocycles. The highest BCUT2D eigenvalue weighted by atomic mass is 32.2. The molecule has 1 heterocycles. The number of thiazole rings is 1. The lowest BCUT2D eigenvalue weighted by atomic mass is 10.2. The first-order chi connectivity index (χ1) is 14.7. The lowest BCUT2D eigenvalue weighted by Crippen LogP contribution is -2.31. The molecule has 0 saturated carbocycles. The van der Waals surface area contributed by atoms with Crippen LogP contribution in [0.25, 0.3) is 0 Å². The molecule has 1 amide bonds. The van der Waals surface area contributed by atoms with Gasteiger partial charge in [-0.1, -0.05) is 31.6 Å². The first-order valence-corrected chi connectivity index (χ1v) is 12.5. The van der Waals surface area contributed by atoms with Gasteiger partial charge in [0.15, 0.2) is 4.80 Å². The van der Waals surface area contributed by atoms with Gasteiger partial charge >= 0.3 is 5.97 Å². The van der Waals surface area contributed by atoms with Gasteiger partial charge in [0.2, 0.25) is 10.0 Å². The molecule has 10 heteroatoms. The van der Waals surface area contributed by atoms with Crippen molar-refractivity contribution in [1.82, 2.24) is 8.87 Å². The van der Waals surface area contributed by atoms with Crippen LogP contribution in [0.15, 0.2) is 34.2 Å². The Labute approximate surface area is 187 Å². The number of amides is 1. The predicted octanol–water partition coefficient (Wildman–Crippen LogP) is 3.12. The molecule has 1 aromatic heterocycles. The maximum atomic E-state index is 12.8. The fraction of sp³-hybridized carbons (Fsp3) is 0.476. The summed E-state index contributed by atoms with van der Waals surface area (Å²) < 4.78 is 33.8. The normalized spacial score (nSPS) is 12.4. The minimum Gasteiger partial charge on any atom is -0.462 e. The van der Waals surface area contributed by atoms with Gasteiger partial charge in [-0.05, 0) is 44.5 Å². The molecule has 31 heavy (non-hydrogen) atoms. The standard InChI is InChI=1S/C21H29N3O5S2/c1-6-9-14-24(7-2)31(27,28)17-12-10-16(11-13-17)19(25)22-21-23(5)15(4)18(30-21)20(26)29-8-3/h10-13H,6-9,14H2,1-5H3. The largest absolute Gasteiger partial charge is 0.462 e. The van der Waals surface area contributed by atoms with E-state index in [1.165, 1.54) is 28.6 Å². The van der Waals surface area contributed by atoms with Gasteiger partial charge in [0.25, 0.3) is 5.91 Å². The van der Waals surface area contributed by atoms with Crippen molar-refractivity contribution in [3.05, 3.63) is 45.2 Å². The molecular formula is C21H29N3O5S2. The lowest BCUT2D eigenvalue weighted by molar-refractivity contribution is 0.0530. The zero-order valence-electron chi connectivity index (χ0n) is 18.5. The maximum absolute atomic E-state index is 12.8. The van der Waals surface area contributed by atoms with Crippen molar-refractivity contribution < 1.29 is 22.7 Å². The molecule has 2 aromatic rings. The third kappa shape index (κ3) is 5.69. The van der Waals surface area contributed by atoms with Crippen molar-refractivity contribution >= 4 is 33.2 Å². The highest BCUT2D eigenvalue weighted by Gasteiger charge is 2.23. The molecule has 0 atom stereocenters. The summed E-state index contributed by atoms with van der Waals surface area (Å²) in [6, 6.07) is 5.77. The van der Waals surface area contributed by atoms with E-state index < -0.39 is 21.9 Å². The van der Waals surface area contributed by atoms with E-state index in [4.69, 9.17) is 4.74 Å². The number of rotatable bonds is 9. The molecule has 0 fully saturated rings. The van der Waals surface area contributed by atoms with Crippen LogP contribution in [-0.4, -0.2) is 48.9 Å². The van der Waals surface area contributed by atoms with E-state index in [9.17, 15) is 18.0 Å². The number of hydrogen-bond acceptors (Lipinski definition) is 6. The van der Waals surface area contributed by atoms with Crippen molar-refractivity contribution in [3.8, 4) is 0 Å². The van der Waals surface area contributed by atoms with Gasteiger partial charge in [0.1, 0.15) is 4.88 Å². The highest BCUT2D eigenvalue weighted by molar-refractivity contribution is 7.89. The minimum atomic E-state index is -3.61. The molecule has 0 aliphatic rings. The Balaban J connectivity index is 2.31. The van der Waals surface area contributed by atoms with Crippen LogP contribution in [0.3, 0.4) is 0 Å². The quantitative estimate of drug-likeness (QED) is 0.528. The van der Waals surface area contributed by atoms with Crippen LogP contribution < -0.4 is 4.80 Å². The number of sulfonamides is 1. The molecule has 1 aromatic carbocycles. The number of esters is 1. The molecule has 0 saturated heterocycles.